The number of nitrogens with one attached hydrogen (secondary N) is 1. The Morgan fingerprint density at radius 1 is 0.971 bits per heavy atom. The van der Waals surface area contributed by atoms with Crippen molar-refractivity contribution in [3.05, 3.63) is 83.0 Å². The molecule has 0 radical (unpaired) electrons. The van der Waals surface area contributed by atoms with Crippen molar-refractivity contribution >= 4 is 17.5 Å². The van der Waals surface area contributed by atoms with Gasteiger partial charge in [-0.2, -0.15) is 0 Å². The van der Waals surface area contributed by atoms with Crippen molar-refractivity contribution < 1.29 is 14.3 Å². The first-order valence-electron chi connectivity index (χ1n) is 11.7. The Morgan fingerprint density at radius 2 is 1.76 bits per heavy atom. The second kappa shape index (κ2) is 12.4. The number of carbonyl (C=O) groups excluding carboxylic acids is 1. The molecule has 2 heterocycles. The molecule has 0 bridgehead atoms. The minimum absolute atomic E-state index is 0.0128. The molecule has 0 atom stereocenters. The van der Waals surface area contributed by atoms with E-state index in [0.29, 0.717) is 42.9 Å². The van der Waals surface area contributed by atoms with Crippen LogP contribution < -0.4 is 14.8 Å². The molecule has 1 aliphatic heterocycles. The Kier molecular flexibility index (Phi) is 8.77. The molecule has 34 heavy (non-hydrogen) atoms. The van der Waals surface area contributed by atoms with Crippen molar-refractivity contribution in [2.75, 3.05) is 19.7 Å². The van der Waals surface area contributed by atoms with Crippen LogP contribution in [0.15, 0.2) is 66.9 Å². The van der Waals surface area contributed by atoms with E-state index in [1.165, 1.54) is 0 Å². The summed E-state index contributed by atoms with van der Waals surface area (Å²) < 4.78 is 12.1. The molecular weight excluding hydrogens is 450 g/mol. The third kappa shape index (κ3) is 7.20. The molecule has 3 aromatic rings. The zero-order valence-corrected chi connectivity index (χ0v) is 20.0. The fraction of sp³-hybridized carbons (Fsp3) is 0.333. The molecule has 1 aliphatic rings. The lowest BCUT2D eigenvalue weighted by molar-refractivity contribution is -0.122. The Labute approximate surface area is 205 Å². The fourth-order valence-electron chi connectivity index (χ4n) is 3.88. The quantitative estimate of drug-likeness (QED) is 0.527. The minimum Gasteiger partial charge on any atom is -0.490 e. The highest BCUT2D eigenvalue weighted by Gasteiger charge is 2.16. The Bertz CT molecular complexity index is 1070. The molecule has 1 N–H and O–H groups in total. The molecule has 1 aromatic heterocycles. The van der Waals surface area contributed by atoms with Gasteiger partial charge in [0.2, 0.25) is 11.8 Å². The highest BCUT2D eigenvalue weighted by Crippen LogP contribution is 2.32. The van der Waals surface area contributed by atoms with Gasteiger partial charge in [-0.25, -0.2) is 4.98 Å². The summed E-state index contributed by atoms with van der Waals surface area (Å²) in [5.74, 6) is 1.88. The van der Waals surface area contributed by atoms with Crippen LogP contribution in [0.5, 0.6) is 17.4 Å². The Balaban J connectivity index is 1.47. The van der Waals surface area contributed by atoms with E-state index in [9.17, 15) is 4.79 Å². The molecule has 178 valence electrons. The summed E-state index contributed by atoms with van der Waals surface area (Å²) in [5, 5.41) is 3.71. The smallest absolute Gasteiger partial charge is 0.234 e. The standard InChI is InChI=1S/C27H30ClN3O3/c28-23-13-11-21(12-14-23)18-30-26(32)20-31-16-5-1-2-6-17-33-24-9-3-4-10-25(24)34-27-22(19-31)8-7-15-29-27/h3-4,7-15H,1-2,5-6,16-20H2,(H,30,32). The van der Waals surface area contributed by atoms with Crippen LogP contribution in [-0.4, -0.2) is 35.5 Å². The van der Waals surface area contributed by atoms with Crippen molar-refractivity contribution in [1.82, 2.24) is 15.2 Å². The van der Waals surface area contributed by atoms with Gasteiger partial charge in [-0.05, 0) is 55.3 Å². The maximum atomic E-state index is 12.8. The minimum atomic E-state index is -0.0128. The van der Waals surface area contributed by atoms with Crippen LogP contribution in [0, 0.1) is 0 Å². The lowest BCUT2D eigenvalue weighted by atomic mass is 10.1. The number of nitrogens with zero attached hydrogens (tertiary/aromatic N) is 2. The van der Waals surface area contributed by atoms with Crippen LogP contribution in [0.4, 0.5) is 0 Å². The molecule has 7 heteroatoms. The number of rotatable bonds is 4. The second-order valence-electron chi connectivity index (χ2n) is 8.39. The number of pyridine rings is 1. The van der Waals surface area contributed by atoms with E-state index in [4.69, 9.17) is 21.1 Å². The van der Waals surface area contributed by atoms with Crippen LogP contribution in [0.1, 0.15) is 36.8 Å². The van der Waals surface area contributed by atoms with Gasteiger partial charge < -0.3 is 14.8 Å². The van der Waals surface area contributed by atoms with Crippen molar-refractivity contribution in [2.24, 2.45) is 0 Å². The van der Waals surface area contributed by atoms with E-state index in [0.717, 1.165) is 49.1 Å². The van der Waals surface area contributed by atoms with Crippen molar-refractivity contribution in [2.45, 2.75) is 38.8 Å². The van der Waals surface area contributed by atoms with Gasteiger partial charge in [-0.3, -0.25) is 9.69 Å². The monoisotopic (exact) mass is 479 g/mol. The summed E-state index contributed by atoms with van der Waals surface area (Å²) in [6, 6.07) is 19.1. The molecule has 2 aromatic carbocycles. The van der Waals surface area contributed by atoms with E-state index in [1.54, 1.807) is 6.20 Å². The summed E-state index contributed by atoms with van der Waals surface area (Å²) in [7, 11) is 0. The van der Waals surface area contributed by atoms with Crippen LogP contribution in [0.2, 0.25) is 5.02 Å². The van der Waals surface area contributed by atoms with Gasteiger partial charge in [-0.15, -0.1) is 0 Å². The number of hydrogen-bond donors (Lipinski definition) is 1. The number of carbonyl (C=O) groups is 1. The van der Waals surface area contributed by atoms with Crippen molar-refractivity contribution in [1.29, 1.82) is 0 Å². The zero-order chi connectivity index (χ0) is 23.6. The Hall–Kier alpha value is -3.09. The summed E-state index contributed by atoms with van der Waals surface area (Å²) >= 11 is 5.95. The summed E-state index contributed by atoms with van der Waals surface area (Å²) in [6.45, 7) is 2.82. The number of ether oxygens (including phenoxy) is 2. The number of para-hydroxylation sites is 2. The number of benzene rings is 2. The van der Waals surface area contributed by atoms with Gasteiger partial charge in [0.25, 0.3) is 0 Å². The Morgan fingerprint density at radius 3 is 2.62 bits per heavy atom. The summed E-state index contributed by atoms with van der Waals surface area (Å²) in [6.07, 6.45) is 5.87. The first-order chi connectivity index (χ1) is 16.7. The van der Waals surface area contributed by atoms with Crippen LogP contribution in [-0.2, 0) is 17.9 Å². The van der Waals surface area contributed by atoms with E-state index >= 15 is 0 Å². The van der Waals surface area contributed by atoms with E-state index < -0.39 is 0 Å². The van der Waals surface area contributed by atoms with E-state index in [1.807, 2.05) is 60.7 Å². The van der Waals surface area contributed by atoms with Gasteiger partial charge in [0.15, 0.2) is 11.5 Å². The highest BCUT2D eigenvalue weighted by molar-refractivity contribution is 6.30. The average Bonchev–Trinajstić information content (AvgIpc) is 2.85. The van der Waals surface area contributed by atoms with Crippen LogP contribution in [0.25, 0.3) is 0 Å². The molecule has 0 unspecified atom stereocenters. The molecule has 0 saturated carbocycles. The average molecular weight is 480 g/mol. The van der Waals surface area contributed by atoms with Crippen LogP contribution >= 0.6 is 11.6 Å². The molecular formula is C27H30ClN3O3. The predicted molar refractivity (Wildman–Crippen MR) is 133 cm³/mol. The first kappa shape index (κ1) is 24.0. The van der Waals surface area contributed by atoms with Gasteiger partial charge in [0.05, 0.1) is 13.2 Å². The summed E-state index contributed by atoms with van der Waals surface area (Å²) in [4.78, 5) is 19.4. The molecule has 0 spiro atoms. The first-order valence-corrected chi connectivity index (χ1v) is 12.1. The van der Waals surface area contributed by atoms with Crippen LogP contribution in [0.3, 0.4) is 0 Å². The largest absolute Gasteiger partial charge is 0.490 e. The third-order valence-corrected chi connectivity index (χ3v) is 5.95. The maximum Gasteiger partial charge on any atom is 0.234 e. The number of aromatic nitrogens is 1. The normalized spacial score (nSPS) is 15.1. The van der Waals surface area contributed by atoms with E-state index in [-0.39, 0.29) is 5.91 Å². The number of fused-ring (bicyclic) bond motifs is 2. The SMILES string of the molecule is O=C(CN1CCCCCCOc2ccccc2Oc2ncccc2C1)NCc1ccc(Cl)cc1. The second-order valence-corrected chi connectivity index (χ2v) is 8.83. The number of halogens is 1. The molecule has 0 fully saturated rings. The fourth-order valence-corrected chi connectivity index (χ4v) is 4.01. The third-order valence-electron chi connectivity index (χ3n) is 5.70. The van der Waals surface area contributed by atoms with Crippen molar-refractivity contribution in [3.8, 4) is 17.4 Å². The highest BCUT2D eigenvalue weighted by atomic mass is 35.5. The van der Waals surface area contributed by atoms with Gasteiger partial charge in [0, 0.05) is 29.9 Å². The predicted octanol–water partition coefficient (Wildman–Crippen LogP) is 5.60. The van der Waals surface area contributed by atoms with E-state index in [2.05, 4.69) is 15.2 Å². The van der Waals surface area contributed by atoms with Gasteiger partial charge >= 0.3 is 0 Å². The zero-order valence-electron chi connectivity index (χ0n) is 19.2. The lowest BCUT2D eigenvalue weighted by Gasteiger charge is -2.23. The number of hydrogen-bond acceptors (Lipinski definition) is 5. The lowest BCUT2D eigenvalue weighted by Crippen LogP contribution is -2.37. The van der Waals surface area contributed by atoms with Crippen molar-refractivity contribution in [3.63, 3.8) is 0 Å². The molecule has 1 amide bonds. The number of amides is 1. The van der Waals surface area contributed by atoms with Gasteiger partial charge in [-0.1, -0.05) is 54.8 Å². The topological polar surface area (TPSA) is 63.7 Å². The molecule has 4 rings (SSSR count). The molecule has 6 nitrogen and oxygen atoms in total. The molecule has 0 saturated heterocycles. The summed E-state index contributed by atoms with van der Waals surface area (Å²) in [5.41, 5.74) is 1.95. The van der Waals surface area contributed by atoms with Gasteiger partial charge in [0.1, 0.15) is 0 Å². The maximum absolute atomic E-state index is 12.8. The molecule has 0 aliphatic carbocycles.